The van der Waals surface area contributed by atoms with Crippen LogP contribution in [-0.2, 0) is 16.0 Å². The van der Waals surface area contributed by atoms with Crippen molar-refractivity contribution < 1.29 is 13.9 Å². The highest BCUT2D eigenvalue weighted by molar-refractivity contribution is 7.80. The molecule has 6 heteroatoms. The lowest BCUT2D eigenvalue weighted by Gasteiger charge is -2.13. The van der Waals surface area contributed by atoms with Crippen LogP contribution in [0.5, 0.6) is 0 Å². The summed E-state index contributed by atoms with van der Waals surface area (Å²) in [6.07, 6.45) is 0.627. The highest BCUT2D eigenvalue weighted by atomic mass is 35.5. The zero-order chi connectivity index (χ0) is 17.6. The molecule has 0 aliphatic heterocycles. The van der Waals surface area contributed by atoms with Crippen molar-refractivity contribution in [3.8, 4) is 0 Å². The first kappa shape index (κ1) is 19.8. The number of carbonyl (C=O) groups is 1. The van der Waals surface area contributed by atoms with E-state index in [-0.39, 0.29) is 22.5 Å². The molecule has 1 N–H and O–H groups in total. The molecular formula is C17H23ClFNO2S. The summed E-state index contributed by atoms with van der Waals surface area (Å²) >= 11 is 11.2. The van der Waals surface area contributed by atoms with E-state index in [1.807, 2.05) is 27.7 Å². The molecule has 0 saturated heterocycles. The Balaban J connectivity index is 2.82. The minimum Gasteiger partial charge on any atom is -0.486 e. The van der Waals surface area contributed by atoms with E-state index in [0.717, 1.165) is 0 Å². The summed E-state index contributed by atoms with van der Waals surface area (Å²) in [4.78, 5) is 11.8. The van der Waals surface area contributed by atoms with Crippen LogP contribution in [0.2, 0.25) is 5.02 Å². The van der Waals surface area contributed by atoms with E-state index in [1.54, 1.807) is 0 Å². The summed E-state index contributed by atoms with van der Waals surface area (Å²) in [5, 5.41) is 3.23. The van der Waals surface area contributed by atoms with Crippen molar-refractivity contribution in [1.82, 2.24) is 0 Å². The Labute approximate surface area is 147 Å². The van der Waals surface area contributed by atoms with Gasteiger partial charge in [-0.05, 0) is 41.7 Å². The lowest BCUT2D eigenvalue weighted by atomic mass is 10.1. The van der Waals surface area contributed by atoms with Crippen LogP contribution in [0.1, 0.15) is 39.7 Å². The number of rotatable bonds is 7. The molecule has 0 atom stereocenters. The minimum atomic E-state index is -0.565. The van der Waals surface area contributed by atoms with E-state index >= 15 is 0 Å². The summed E-state index contributed by atoms with van der Waals surface area (Å²) in [6, 6.07) is 2.70. The first-order valence-corrected chi connectivity index (χ1v) is 8.41. The zero-order valence-electron chi connectivity index (χ0n) is 13.9. The van der Waals surface area contributed by atoms with E-state index in [1.165, 1.54) is 12.1 Å². The molecule has 1 aromatic carbocycles. The van der Waals surface area contributed by atoms with E-state index in [2.05, 4.69) is 5.32 Å². The molecule has 0 spiro atoms. The van der Waals surface area contributed by atoms with Gasteiger partial charge in [-0.25, -0.2) is 4.39 Å². The number of benzene rings is 1. The molecule has 0 heterocycles. The molecule has 0 saturated carbocycles. The van der Waals surface area contributed by atoms with Gasteiger partial charge in [0.2, 0.25) is 5.91 Å². The zero-order valence-corrected chi connectivity index (χ0v) is 15.5. The van der Waals surface area contributed by atoms with Gasteiger partial charge in [-0.15, -0.1) is 0 Å². The quantitative estimate of drug-likeness (QED) is 0.696. The van der Waals surface area contributed by atoms with E-state index in [9.17, 15) is 9.18 Å². The predicted molar refractivity (Wildman–Crippen MR) is 96.6 cm³/mol. The number of hydrogen-bond acceptors (Lipinski definition) is 3. The van der Waals surface area contributed by atoms with Gasteiger partial charge in [-0.1, -0.05) is 39.3 Å². The lowest BCUT2D eigenvalue weighted by molar-refractivity contribution is -0.116. The van der Waals surface area contributed by atoms with Crippen LogP contribution in [0.15, 0.2) is 12.1 Å². The summed E-state index contributed by atoms with van der Waals surface area (Å²) in [5.41, 5.74) is 0.739. The molecule has 0 aromatic heterocycles. The van der Waals surface area contributed by atoms with Gasteiger partial charge < -0.3 is 10.1 Å². The second-order valence-electron chi connectivity index (χ2n) is 6.32. The van der Waals surface area contributed by atoms with Crippen molar-refractivity contribution in [1.29, 1.82) is 0 Å². The molecule has 128 valence electrons. The average molecular weight is 360 g/mol. The van der Waals surface area contributed by atoms with Crippen LogP contribution in [0.4, 0.5) is 10.1 Å². The van der Waals surface area contributed by atoms with E-state index in [4.69, 9.17) is 28.6 Å². The Morgan fingerprint density at radius 3 is 2.52 bits per heavy atom. The normalized spacial score (nSPS) is 11.0. The average Bonchev–Trinajstić information content (AvgIpc) is 2.41. The molecule has 1 amide bonds. The number of thiocarbonyl (C=S) groups is 1. The van der Waals surface area contributed by atoms with Crippen molar-refractivity contribution >= 4 is 40.5 Å². The fourth-order valence-corrected chi connectivity index (χ4v) is 2.30. The smallest absolute Gasteiger partial charge is 0.224 e. The minimum absolute atomic E-state index is 0.113. The second-order valence-corrected chi connectivity index (χ2v) is 7.19. The molecule has 0 radical (unpaired) electrons. The number of carbonyl (C=O) groups excluding carboxylic acids is 1. The Morgan fingerprint density at radius 1 is 1.30 bits per heavy atom. The molecule has 1 rings (SSSR count). The Hall–Kier alpha value is -1.20. The molecular weight excluding hydrogens is 337 g/mol. The Bertz CT molecular complexity index is 576. The predicted octanol–water partition coefficient (Wildman–Crippen LogP) is 5.01. The van der Waals surface area contributed by atoms with Gasteiger partial charge in [0.15, 0.2) is 5.05 Å². The molecule has 3 nitrogen and oxygen atoms in total. The molecule has 1 aromatic rings. The standard InChI is InChI=1S/C17H23ClFNO2S/c1-10(2)5-16(21)20-15-6-12(13(18)8-14(15)19)7-17(23)22-9-11(3)4/h6,8,10-11H,5,7,9H2,1-4H3,(H,20,21). The third-order valence-corrected chi connectivity index (χ3v) is 3.53. The molecule has 0 fully saturated rings. The van der Waals surface area contributed by atoms with Crippen LogP contribution < -0.4 is 5.32 Å². The Kier molecular flexibility index (Phi) is 7.92. The first-order chi connectivity index (χ1) is 10.7. The summed E-state index contributed by atoms with van der Waals surface area (Å²) in [7, 11) is 0. The maximum absolute atomic E-state index is 14.0. The fraction of sp³-hybridized carbons (Fsp3) is 0.529. The monoisotopic (exact) mass is 359 g/mol. The summed E-state index contributed by atoms with van der Waals surface area (Å²) < 4.78 is 19.4. The molecule has 0 aliphatic rings. The summed E-state index contributed by atoms with van der Waals surface area (Å²) in [5.74, 6) is -0.236. The third-order valence-electron chi connectivity index (χ3n) is 2.92. The molecule has 0 unspecified atom stereocenters. The van der Waals surface area contributed by atoms with Crippen LogP contribution in [0, 0.1) is 17.7 Å². The number of halogens is 2. The lowest BCUT2D eigenvalue weighted by Crippen LogP contribution is -2.16. The highest BCUT2D eigenvalue weighted by Gasteiger charge is 2.14. The van der Waals surface area contributed by atoms with Gasteiger partial charge in [0.25, 0.3) is 0 Å². The number of nitrogens with one attached hydrogen (secondary N) is 1. The number of amides is 1. The molecule has 23 heavy (non-hydrogen) atoms. The van der Waals surface area contributed by atoms with Crippen molar-refractivity contribution in [3.63, 3.8) is 0 Å². The van der Waals surface area contributed by atoms with Gasteiger partial charge >= 0.3 is 0 Å². The summed E-state index contributed by atoms with van der Waals surface area (Å²) in [6.45, 7) is 8.42. The topological polar surface area (TPSA) is 38.3 Å². The van der Waals surface area contributed by atoms with Gasteiger partial charge in [-0.2, -0.15) is 0 Å². The maximum atomic E-state index is 14.0. The highest BCUT2D eigenvalue weighted by Crippen LogP contribution is 2.25. The second kappa shape index (κ2) is 9.18. The number of hydrogen-bond donors (Lipinski definition) is 1. The van der Waals surface area contributed by atoms with Crippen LogP contribution in [-0.4, -0.2) is 17.6 Å². The SMILES string of the molecule is CC(C)COC(=S)Cc1cc(NC(=O)CC(C)C)c(F)cc1Cl. The number of ether oxygens (including phenoxy) is 1. The third kappa shape index (κ3) is 7.27. The molecule has 0 bridgehead atoms. The molecule has 0 aliphatic carbocycles. The van der Waals surface area contributed by atoms with Gasteiger partial charge in [-0.3, -0.25) is 4.79 Å². The largest absolute Gasteiger partial charge is 0.486 e. The van der Waals surface area contributed by atoms with Crippen molar-refractivity contribution in [2.45, 2.75) is 40.5 Å². The van der Waals surface area contributed by atoms with Crippen LogP contribution in [0.3, 0.4) is 0 Å². The van der Waals surface area contributed by atoms with Crippen molar-refractivity contribution in [2.75, 3.05) is 11.9 Å². The van der Waals surface area contributed by atoms with Crippen molar-refractivity contribution in [2.24, 2.45) is 11.8 Å². The van der Waals surface area contributed by atoms with Crippen molar-refractivity contribution in [3.05, 3.63) is 28.5 Å². The van der Waals surface area contributed by atoms with Gasteiger partial charge in [0.05, 0.1) is 12.3 Å². The maximum Gasteiger partial charge on any atom is 0.224 e. The van der Waals surface area contributed by atoms with E-state index in [0.29, 0.717) is 36.0 Å². The number of anilines is 1. The van der Waals surface area contributed by atoms with Crippen LogP contribution in [0.25, 0.3) is 0 Å². The van der Waals surface area contributed by atoms with Gasteiger partial charge in [0, 0.05) is 17.9 Å². The Morgan fingerprint density at radius 2 is 1.96 bits per heavy atom. The fourth-order valence-electron chi connectivity index (χ4n) is 1.86. The first-order valence-electron chi connectivity index (χ1n) is 7.62. The van der Waals surface area contributed by atoms with Crippen LogP contribution >= 0.6 is 23.8 Å². The van der Waals surface area contributed by atoms with Gasteiger partial charge in [0.1, 0.15) is 5.82 Å². The van der Waals surface area contributed by atoms with E-state index < -0.39 is 5.82 Å².